The molecule has 1 rings (SSSR count). The maximum atomic E-state index is 11.9. The molecule has 0 spiro atoms. The van der Waals surface area contributed by atoms with Crippen molar-refractivity contribution in [2.24, 2.45) is 0 Å². The van der Waals surface area contributed by atoms with E-state index >= 15 is 0 Å². The number of rotatable bonds is 3. The summed E-state index contributed by atoms with van der Waals surface area (Å²) in [6, 6.07) is -0.569. The molecule has 5 heteroatoms. The number of hydrogen-bond donors (Lipinski definition) is 1. The van der Waals surface area contributed by atoms with Crippen molar-refractivity contribution in [2.75, 3.05) is 12.9 Å². The van der Waals surface area contributed by atoms with Gasteiger partial charge < -0.3 is 10.1 Å². The molecule has 1 aliphatic rings. The molecule has 0 aromatic rings. The fourth-order valence-electron chi connectivity index (χ4n) is 1.54. The molecule has 0 radical (unpaired) electrons. The molecule has 0 aromatic carbocycles. The van der Waals surface area contributed by atoms with Crippen molar-refractivity contribution in [1.29, 1.82) is 0 Å². The number of esters is 1. The van der Waals surface area contributed by atoms with Gasteiger partial charge in [0.05, 0.1) is 11.9 Å². The zero-order chi connectivity index (χ0) is 11.5. The van der Waals surface area contributed by atoms with E-state index in [9.17, 15) is 9.59 Å². The van der Waals surface area contributed by atoms with E-state index in [-0.39, 0.29) is 10.7 Å². The highest BCUT2D eigenvalue weighted by Crippen LogP contribution is 2.37. The quantitative estimate of drug-likeness (QED) is 0.735. The van der Waals surface area contributed by atoms with Crippen LogP contribution in [0.25, 0.3) is 0 Å². The molecule has 1 saturated heterocycles. The van der Waals surface area contributed by atoms with Gasteiger partial charge in [0.2, 0.25) is 5.91 Å². The van der Waals surface area contributed by atoms with Crippen molar-refractivity contribution in [3.63, 3.8) is 0 Å². The van der Waals surface area contributed by atoms with Gasteiger partial charge in [-0.1, -0.05) is 0 Å². The van der Waals surface area contributed by atoms with E-state index in [1.54, 1.807) is 18.7 Å². The van der Waals surface area contributed by atoms with Gasteiger partial charge >= 0.3 is 5.97 Å². The average molecular weight is 231 g/mol. The minimum absolute atomic E-state index is 0.0668. The van der Waals surface area contributed by atoms with Crippen LogP contribution in [0.3, 0.4) is 0 Å². The third kappa shape index (κ3) is 2.87. The molecular formula is C10H17NO3S. The number of thioether (sulfide) groups is 1. The first-order valence-electron chi connectivity index (χ1n) is 5.02. The van der Waals surface area contributed by atoms with Crippen LogP contribution in [-0.2, 0) is 14.3 Å². The molecule has 1 amide bonds. The van der Waals surface area contributed by atoms with Crippen molar-refractivity contribution in [3.05, 3.63) is 0 Å². The standard InChI is InChI=1S/C10H17NO3S/c1-7(8(12)14-3)11-9(13)10(2)5-4-6-15-10/h7H,4-6H2,1-3H3,(H,11,13). The van der Waals surface area contributed by atoms with Crippen molar-refractivity contribution >= 4 is 23.6 Å². The smallest absolute Gasteiger partial charge is 0.328 e. The minimum Gasteiger partial charge on any atom is -0.467 e. The Morgan fingerprint density at radius 1 is 1.53 bits per heavy atom. The number of methoxy groups -OCH3 is 1. The fourth-order valence-corrected chi connectivity index (χ4v) is 2.76. The largest absolute Gasteiger partial charge is 0.467 e. The molecule has 1 aliphatic heterocycles. The lowest BCUT2D eigenvalue weighted by Crippen LogP contribution is -2.47. The van der Waals surface area contributed by atoms with E-state index in [1.807, 2.05) is 6.92 Å². The van der Waals surface area contributed by atoms with Crippen LogP contribution in [0, 0.1) is 0 Å². The molecule has 0 aliphatic carbocycles. The number of carbonyl (C=O) groups is 2. The second-order valence-electron chi connectivity index (χ2n) is 3.90. The number of nitrogens with one attached hydrogen (secondary N) is 1. The van der Waals surface area contributed by atoms with Gasteiger partial charge in [-0.15, -0.1) is 11.8 Å². The molecule has 2 unspecified atom stereocenters. The van der Waals surface area contributed by atoms with E-state index in [0.717, 1.165) is 18.6 Å². The molecule has 0 aromatic heterocycles. The highest BCUT2D eigenvalue weighted by molar-refractivity contribution is 8.01. The number of carbonyl (C=O) groups excluding carboxylic acids is 2. The van der Waals surface area contributed by atoms with Crippen molar-refractivity contribution in [2.45, 2.75) is 37.5 Å². The lowest BCUT2D eigenvalue weighted by Gasteiger charge is -2.23. The third-order valence-electron chi connectivity index (χ3n) is 2.60. The van der Waals surface area contributed by atoms with Gasteiger partial charge in [-0.3, -0.25) is 4.79 Å². The molecular weight excluding hydrogens is 214 g/mol. The first-order chi connectivity index (χ1) is 6.99. The summed E-state index contributed by atoms with van der Waals surface area (Å²) < 4.78 is 4.18. The topological polar surface area (TPSA) is 55.4 Å². The summed E-state index contributed by atoms with van der Waals surface area (Å²) in [4.78, 5) is 23.0. The molecule has 1 heterocycles. The minimum atomic E-state index is -0.569. The lowest BCUT2D eigenvalue weighted by molar-refractivity contribution is -0.144. The molecule has 1 N–H and O–H groups in total. The Labute approximate surface area is 94.1 Å². The summed E-state index contributed by atoms with van der Waals surface area (Å²) in [6.07, 6.45) is 1.93. The molecule has 86 valence electrons. The first kappa shape index (κ1) is 12.4. The SMILES string of the molecule is COC(=O)C(C)NC(=O)C1(C)CCCS1. The van der Waals surface area contributed by atoms with Crippen molar-refractivity contribution in [1.82, 2.24) is 5.32 Å². The van der Waals surface area contributed by atoms with Crippen LogP contribution in [0.1, 0.15) is 26.7 Å². The molecule has 2 atom stereocenters. The van der Waals surface area contributed by atoms with Gasteiger partial charge in [0, 0.05) is 0 Å². The van der Waals surface area contributed by atoms with E-state index in [0.29, 0.717) is 0 Å². The number of ether oxygens (including phenoxy) is 1. The van der Waals surface area contributed by atoms with Gasteiger partial charge in [-0.05, 0) is 32.4 Å². The van der Waals surface area contributed by atoms with Gasteiger partial charge in [0.15, 0.2) is 0 Å². The highest BCUT2D eigenvalue weighted by atomic mass is 32.2. The van der Waals surface area contributed by atoms with Gasteiger partial charge in [-0.2, -0.15) is 0 Å². The van der Waals surface area contributed by atoms with Crippen LogP contribution in [0.15, 0.2) is 0 Å². The Hall–Kier alpha value is -0.710. The fraction of sp³-hybridized carbons (Fsp3) is 0.800. The van der Waals surface area contributed by atoms with Crippen LogP contribution in [0.2, 0.25) is 0 Å². The predicted octanol–water partition coefficient (Wildman–Crippen LogP) is 0.950. The van der Waals surface area contributed by atoms with Gasteiger partial charge in [-0.25, -0.2) is 4.79 Å². The molecule has 0 saturated carbocycles. The zero-order valence-electron chi connectivity index (χ0n) is 9.33. The van der Waals surface area contributed by atoms with Crippen LogP contribution in [0.5, 0.6) is 0 Å². The van der Waals surface area contributed by atoms with Gasteiger partial charge in [0.1, 0.15) is 6.04 Å². The maximum Gasteiger partial charge on any atom is 0.328 e. The maximum absolute atomic E-state index is 11.9. The Balaban J connectivity index is 2.51. The molecule has 0 bridgehead atoms. The Morgan fingerprint density at radius 3 is 2.67 bits per heavy atom. The van der Waals surface area contributed by atoms with Crippen LogP contribution < -0.4 is 5.32 Å². The average Bonchev–Trinajstić information content (AvgIpc) is 2.65. The highest BCUT2D eigenvalue weighted by Gasteiger charge is 2.38. The Bertz CT molecular complexity index is 261. The summed E-state index contributed by atoms with van der Waals surface area (Å²) >= 11 is 1.65. The van der Waals surface area contributed by atoms with Crippen molar-refractivity contribution in [3.8, 4) is 0 Å². The second-order valence-corrected chi connectivity index (χ2v) is 5.50. The third-order valence-corrected chi connectivity index (χ3v) is 4.12. The predicted molar refractivity (Wildman–Crippen MR) is 59.7 cm³/mol. The van der Waals surface area contributed by atoms with E-state index in [1.165, 1.54) is 7.11 Å². The van der Waals surface area contributed by atoms with E-state index in [2.05, 4.69) is 10.1 Å². The summed E-state index contributed by atoms with van der Waals surface area (Å²) in [5, 5.41) is 2.68. The van der Waals surface area contributed by atoms with Crippen LogP contribution >= 0.6 is 11.8 Å². The van der Waals surface area contributed by atoms with Gasteiger partial charge in [0.25, 0.3) is 0 Å². The normalized spacial score (nSPS) is 27.1. The van der Waals surface area contributed by atoms with E-state index < -0.39 is 12.0 Å². The Kier molecular flexibility index (Phi) is 4.02. The van der Waals surface area contributed by atoms with Crippen LogP contribution in [0.4, 0.5) is 0 Å². The van der Waals surface area contributed by atoms with Crippen LogP contribution in [-0.4, -0.2) is 35.5 Å². The zero-order valence-corrected chi connectivity index (χ0v) is 10.1. The summed E-state index contributed by atoms with van der Waals surface area (Å²) in [5.41, 5.74) is 0. The van der Waals surface area contributed by atoms with E-state index in [4.69, 9.17) is 0 Å². The monoisotopic (exact) mass is 231 g/mol. The molecule has 4 nitrogen and oxygen atoms in total. The molecule has 15 heavy (non-hydrogen) atoms. The first-order valence-corrected chi connectivity index (χ1v) is 6.01. The number of hydrogen-bond acceptors (Lipinski definition) is 4. The molecule has 1 fully saturated rings. The second kappa shape index (κ2) is 4.88. The summed E-state index contributed by atoms with van der Waals surface area (Å²) in [5.74, 6) is 0.536. The lowest BCUT2D eigenvalue weighted by atomic mass is 10.0. The summed E-state index contributed by atoms with van der Waals surface area (Å²) in [7, 11) is 1.32. The summed E-state index contributed by atoms with van der Waals surface area (Å²) in [6.45, 7) is 3.55. The Morgan fingerprint density at radius 2 is 2.20 bits per heavy atom. The number of amides is 1. The van der Waals surface area contributed by atoms with Crippen molar-refractivity contribution < 1.29 is 14.3 Å².